The summed E-state index contributed by atoms with van der Waals surface area (Å²) in [6.45, 7) is 1.30. The lowest BCUT2D eigenvalue weighted by Gasteiger charge is -2.10. The van der Waals surface area contributed by atoms with Crippen LogP contribution in [0.25, 0.3) is 0 Å². The number of benzene rings is 1. The van der Waals surface area contributed by atoms with E-state index < -0.39 is 6.36 Å². The lowest BCUT2D eigenvalue weighted by Crippen LogP contribution is -2.23. The first kappa shape index (κ1) is 20.1. The van der Waals surface area contributed by atoms with Crippen molar-refractivity contribution in [2.24, 2.45) is 10.7 Å². The molecule has 0 spiro atoms. The summed E-state index contributed by atoms with van der Waals surface area (Å²) in [7, 11) is 0. The predicted molar refractivity (Wildman–Crippen MR) is 95.5 cm³/mol. The molecule has 2 aromatic rings. The highest BCUT2D eigenvalue weighted by atomic mass is 127. The van der Waals surface area contributed by atoms with Gasteiger partial charge in [-0.1, -0.05) is 0 Å². The number of anilines is 1. The van der Waals surface area contributed by atoms with Crippen molar-refractivity contribution in [1.29, 1.82) is 0 Å². The van der Waals surface area contributed by atoms with E-state index in [1.54, 1.807) is 12.5 Å². The quantitative estimate of drug-likeness (QED) is 0.304. The summed E-state index contributed by atoms with van der Waals surface area (Å²) < 4.78 is 41.8. The summed E-state index contributed by atoms with van der Waals surface area (Å²) in [5, 5.41) is 2.80. The number of halogens is 4. The molecule has 0 aliphatic heterocycles. The Morgan fingerprint density at radius 3 is 2.58 bits per heavy atom. The molecule has 0 aliphatic rings. The van der Waals surface area contributed by atoms with E-state index in [0.29, 0.717) is 12.2 Å². The first-order valence-corrected chi connectivity index (χ1v) is 6.81. The maximum atomic E-state index is 12.0. The zero-order chi connectivity index (χ0) is 16.7. The summed E-state index contributed by atoms with van der Waals surface area (Å²) in [6.07, 6.45) is 1.36. The number of ether oxygens (including phenoxy) is 1. The molecule has 0 fully saturated rings. The minimum atomic E-state index is -4.70. The van der Waals surface area contributed by atoms with Gasteiger partial charge in [-0.25, -0.2) is 4.98 Å². The van der Waals surface area contributed by atoms with Crippen LogP contribution < -0.4 is 15.8 Å². The molecule has 0 saturated carbocycles. The van der Waals surface area contributed by atoms with Crippen LogP contribution in [0.3, 0.4) is 0 Å². The molecule has 0 amide bonds. The van der Waals surface area contributed by atoms with E-state index in [2.05, 4.69) is 20.0 Å². The zero-order valence-corrected chi connectivity index (χ0v) is 14.9. The normalized spacial score (nSPS) is 11.7. The molecule has 0 unspecified atom stereocenters. The van der Waals surface area contributed by atoms with Crippen LogP contribution in [0.1, 0.15) is 6.42 Å². The number of rotatable bonds is 6. The minimum absolute atomic E-state index is 0. The smallest absolute Gasteiger partial charge is 0.406 e. The lowest BCUT2D eigenvalue weighted by molar-refractivity contribution is -0.274. The molecular formula is C14H17F3IN5O. The number of nitrogens with zero attached hydrogens (tertiary/aromatic N) is 3. The van der Waals surface area contributed by atoms with Gasteiger partial charge in [0.1, 0.15) is 5.75 Å². The first-order valence-electron chi connectivity index (χ1n) is 6.81. The number of imidazole rings is 1. The number of aliphatic imine (C=N–C) groups is 1. The van der Waals surface area contributed by atoms with Crippen molar-refractivity contribution >= 4 is 35.6 Å². The van der Waals surface area contributed by atoms with E-state index in [0.717, 1.165) is 13.0 Å². The molecule has 10 heteroatoms. The van der Waals surface area contributed by atoms with Crippen LogP contribution in [0.4, 0.5) is 18.9 Å². The van der Waals surface area contributed by atoms with E-state index in [-0.39, 0.29) is 35.7 Å². The van der Waals surface area contributed by atoms with Crippen molar-refractivity contribution in [2.75, 3.05) is 11.9 Å². The van der Waals surface area contributed by atoms with Crippen LogP contribution in [0.15, 0.2) is 48.0 Å². The molecule has 6 nitrogen and oxygen atoms in total. The molecule has 1 aromatic carbocycles. The Morgan fingerprint density at radius 2 is 2.00 bits per heavy atom. The van der Waals surface area contributed by atoms with Gasteiger partial charge in [0, 0.05) is 31.2 Å². The predicted octanol–water partition coefficient (Wildman–Crippen LogP) is 3.22. The second-order valence-corrected chi connectivity index (χ2v) is 4.62. The fourth-order valence-electron chi connectivity index (χ4n) is 1.80. The zero-order valence-electron chi connectivity index (χ0n) is 12.5. The molecular weight excluding hydrogens is 438 g/mol. The second kappa shape index (κ2) is 9.35. The third-order valence-corrected chi connectivity index (χ3v) is 2.78. The maximum absolute atomic E-state index is 12.0. The monoisotopic (exact) mass is 455 g/mol. The lowest BCUT2D eigenvalue weighted by atomic mass is 10.3. The summed E-state index contributed by atoms with van der Waals surface area (Å²) in [6, 6.07) is 5.24. The summed E-state index contributed by atoms with van der Waals surface area (Å²) in [5.74, 6) is -0.0981. The summed E-state index contributed by atoms with van der Waals surface area (Å²) >= 11 is 0. The standard InChI is InChI=1S/C14H16F3N5O.HI/c15-14(16,17)23-12-4-2-11(3-5-12)21-13(18)20-6-1-8-22-9-7-19-10-22;/h2-5,7,9-10H,1,6,8H2,(H3,18,20,21);1H. The van der Waals surface area contributed by atoms with Crippen molar-refractivity contribution in [3.8, 4) is 5.75 Å². The Morgan fingerprint density at radius 1 is 1.29 bits per heavy atom. The first-order chi connectivity index (χ1) is 10.9. The van der Waals surface area contributed by atoms with Gasteiger partial charge < -0.3 is 20.4 Å². The molecule has 132 valence electrons. The number of aryl methyl sites for hydroxylation is 1. The fraction of sp³-hybridized carbons (Fsp3) is 0.286. The Balaban J connectivity index is 0.00000288. The van der Waals surface area contributed by atoms with Gasteiger partial charge >= 0.3 is 6.36 Å². The topological polar surface area (TPSA) is 77.5 Å². The van der Waals surface area contributed by atoms with E-state index in [1.165, 1.54) is 24.3 Å². The number of guanidine groups is 1. The number of nitrogens with one attached hydrogen (secondary N) is 1. The largest absolute Gasteiger partial charge is 0.573 e. The average molecular weight is 455 g/mol. The van der Waals surface area contributed by atoms with E-state index in [9.17, 15) is 13.2 Å². The molecule has 1 aromatic heterocycles. The number of aromatic nitrogens is 2. The highest BCUT2D eigenvalue weighted by molar-refractivity contribution is 14.0. The van der Waals surface area contributed by atoms with Gasteiger partial charge in [0.25, 0.3) is 0 Å². The Labute approximate surface area is 153 Å². The Hall–Kier alpha value is -1.98. The summed E-state index contributed by atoms with van der Waals surface area (Å²) in [4.78, 5) is 8.07. The van der Waals surface area contributed by atoms with Crippen molar-refractivity contribution in [3.05, 3.63) is 43.0 Å². The number of hydrogen-bond acceptors (Lipinski definition) is 3. The van der Waals surface area contributed by atoms with Gasteiger partial charge in [-0.05, 0) is 30.7 Å². The molecule has 24 heavy (non-hydrogen) atoms. The Bertz CT molecular complexity index is 629. The van der Waals surface area contributed by atoms with Gasteiger partial charge in [-0.15, -0.1) is 37.1 Å². The average Bonchev–Trinajstić information content (AvgIpc) is 2.97. The van der Waals surface area contributed by atoms with Crippen molar-refractivity contribution < 1.29 is 17.9 Å². The Kier molecular flexibility index (Phi) is 7.82. The van der Waals surface area contributed by atoms with Crippen LogP contribution in [-0.4, -0.2) is 28.4 Å². The molecule has 0 bridgehead atoms. The van der Waals surface area contributed by atoms with Crippen LogP contribution >= 0.6 is 24.0 Å². The van der Waals surface area contributed by atoms with E-state index in [4.69, 9.17) is 5.73 Å². The van der Waals surface area contributed by atoms with Gasteiger partial charge in [0.2, 0.25) is 0 Å². The highest BCUT2D eigenvalue weighted by Crippen LogP contribution is 2.23. The van der Waals surface area contributed by atoms with Gasteiger partial charge in [0.15, 0.2) is 5.96 Å². The molecule has 3 N–H and O–H groups in total. The van der Waals surface area contributed by atoms with Crippen molar-refractivity contribution in [3.63, 3.8) is 0 Å². The fourth-order valence-corrected chi connectivity index (χ4v) is 1.80. The minimum Gasteiger partial charge on any atom is -0.406 e. The third kappa shape index (κ3) is 7.53. The molecule has 0 radical (unpaired) electrons. The molecule has 2 rings (SSSR count). The highest BCUT2D eigenvalue weighted by Gasteiger charge is 2.30. The SMILES string of the molecule is I.NC(=NCCCn1ccnc1)Nc1ccc(OC(F)(F)F)cc1. The van der Waals surface area contributed by atoms with Gasteiger partial charge in [-0.2, -0.15) is 0 Å². The van der Waals surface area contributed by atoms with Crippen molar-refractivity contribution in [1.82, 2.24) is 9.55 Å². The number of nitrogens with two attached hydrogens (primary N) is 1. The molecule has 0 saturated heterocycles. The van der Waals surface area contributed by atoms with Crippen LogP contribution in [0, 0.1) is 0 Å². The van der Waals surface area contributed by atoms with Crippen molar-refractivity contribution in [2.45, 2.75) is 19.3 Å². The maximum Gasteiger partial charge on any atom is 0.573 e. The molecule has 0 atom stereocenters. The third-order valence-electron chi connectivity index (χ3n) is 2.78. The van der Waals surface area contributed by atoms with Gasteiger partial charge in [0.05, 0.1) is 6.33 Å². The second-order valence-electron chi connectivity index (χ2n) is 4.62. The van der Waals surface area contributed by atoms with Gasteiger partial charge in [-0.3, -0.25) is 4.99 Å². The van der Waals surface area contributed by atoms with Crippen LogP contribution in [0.5, 0.6) is 5.75 Å². The van der Waals surface area contributed by atoms with Crippen LogP contribution in [0.2, 0.25) is 0 Å². The molecule has 0 aliphatic carbocycles. The van der Waals surface area contributed by atoms with E-state index in [1.807, 2.05) is 10.8 Å². The number of hydrogen-bond donors (Lipinski definition) is 2. The van der Waals surface area contributed by atoms with E-state index >= 15 is 0 Å². The molecule has 1 heterocycles. The summed E-state index contributed by atoms with van der Waals surface area (Å²) in [5.41, 5.74) is 6.24. The van der Waals surface area contributed by atoms with Crippen LogP contribution in [-0.2, 0) is 6.54 Å². The number of alkyl halides is 3.